The summed E-state index contributed by atoms with van der Waals surface area (Å²) in [5.41, 5.74) is 0.991. The lowest BCUT2D eigenvalue weighted by molar-refractivity contribution is -0.140. The maximum atomic E-state index is 11.0. The number of thiazole rings is 1. The Morgan fingerprint density at radius 1 is 1.50 bits per heavy atom. The van der Waals surface area contributed by atoms with Gasteiger partial charge in [-0.2, -0.15) is 11.8 Å². The van der Waals surface area contributed by atoms with Crippen LogP contribution < -0.4 is 5.32 Å². The van der Waals surface area contributed by atoms with Crippen molar-refractivity contribution in [3.05, 3.63) is 16.1 Å². The monoisotopic (exact) mass is 316 g/mol. The van der Waals surface area contributed by atoms with Gasteiger partial charge >= 0.3 is 5.97 Å². The highest BCUT2D eigenvalue weighted by atomic mass is 32.2. The summed E-state index contributed by atoms with van der Waals surface area (Å²) in [6.45, 7) is 7.65. The van der Waals surface area contributed by atoms with Crippen LogP contribution in [0.2, 0.25) is 0 Å². The van der Waals surface area contributed by atoms with E-state index in [0.29, 0.717) is 11.5 Å². The molecule has 0 fully saturated rings. The van der Waals surface area contributed by atoms with Gasteiger partial charge in [0.15, 0.2) is 0 Å². The van der Waals surface area contributed by atoms with Crippen LogP contribution in [-0.2, 0) is 20.8 Å². The Morgan fingerprint density at radius 2 is 2.15 bits per heavy atom. The first-order valence-electron chi connectivity index (χ1n) is 6.22. The van der Waals surface area contributed by atoms with Crippen LogP contribution in [0.25, 0.3) is 0 Å². The number of aromatic nitrogens is 1. The Kier molecular flexibility index (Phi) is 6.01. The summed E-state index contributed by atoms with van der Waals surface area (Å²) in [5.74, 6) is -0.365. The number of carbonyl (C=O) groups is 2. The summed E-state index contributed by atoms with van der Waals surface area (Å²) in [5, 5.41) is 14.5. The van der Waals surface area contributed by atoms with Crippen LogP contribution in [0, 0.1) is 0 Å². The van der Waals surface area contributed by atoms with Crippen molar-refractivity contribution < 1.29 is 14.7 Å². The van der Waals surface area contributed by atoms with Crippen LogP contribution in [0.1, 0.15) is 38.4 Å². The van der Waals surface area contributed by atoms with Gasteiger partial charge in [-0.05, 0) is 0 Å². The average Bonchev–Trinajstić information content (AvgIpc) is 2.75. The third-order valence-electron chi connectivity index (χ3n) is 2.40. The van der Waals surface area contributed by atoms with Crippen molar-refractivity contribution in [3.8, 4) is 0 Å². The minimum atomic E-state index is -1.01. The molecule has 1 amide bonds. The van der Waals surface area contributed by atoms with Crippen molar-refractivity contribution in [1.29, 1.82) is 0 Å². The number of nitrogens with zero attached hydrogens (tertiary/aromatic N) is 1. The number of rotatable bonds is 6. The summed E-state index contributed by atoms with van der Waals surface area (Å²) in [6, 6.07) is -0.849. The van der Waals surface area contributed by atoms with Crippen molar-refractivity contribution in [2.45, 2.75) is 44.9 Å². The molecule has 5 nitrogen and oxygen atoms in total. The van der Waals surface area contributed by atoms with E-state index in [1.165, 1.54) is 18.7 Å². The lowest BCUT2D eigenvalue weighted by Gasteiger charge is -2.14. The third-order valence-corrected chi connectivity index (χ3v) is 4.79. The molecule has 1 heterocycles. The number of thioether (sulfide) groups is 1. The molecule has 1 aromatic rings. The zero-order chi connectivity index (χ0) is 15.3. The number of hydrogen-bond acceptors (Lipinski definition) is 5. The second kappa shape index (κ2) is 7.08. The molecule has 112 valence electrons. The zero-order valence-corrected chi connectivity index (χ0v) is 13.7. The maximum Gasteiger partial charge on any atom is 0.327 e. The lowest BCUT2D eigenvalue weighted by atomic mass is 9.98. The van der Waals surface area contributed by atoms with Gasteiger partial charge in [-0.15, -0.1) is 11.3 Å². The molecule has 20 heavy (non-hydrogen) atoms. The molecule has 1 rings (SSSR count). The van der Waals surface area contributed by atoms with Gasteiger partial charge in [0.1, 0.15) is 6.04 Å². The number of carbonyl (C=O) groups excluding carboxylic acids is 1. The Hall–Kier alpha value is -1.08. The first-order chi connectivity index (χ1) is 9.20. The minimum Gasteiger partial charge on any atom is -0.480 e. The standard InChI is InChI=1S/C13H20N2O3S2/c1-8(16)14-10(11(17)18)7-19-5-9-6-20-12(15-9)13(2,3)4/h6,10H,5,7H2,1-4H3,(H,14,16)(H,17,18)/t10-/m0/s1. The molecule has 0 aliphatic heterocycles. The summed E-state index contributed by atoms with van der Waals surface area (Å²) in [7, 11) is 0. The molecule has 0 spiro atoms. The minimum absolute atomic E-state index is 0.0351. The summed E-state index contributed by atoms with van der Waals surface area (Å²) < 4.78 is 0. The van der Waals surface area contributed by atoms with E-state index in [1.807, 2.05) is 5.38 Å². The highest BCUT2D eigenvalue weighted by Gasteiger charge is 2.20. The van der Waals surface area contributed by atoms with Crippen LogP contribution in [0.3, 0.4) is 0 Å². The molecule has 1 aromatic heterocycles. The van der Waals surface area contributed by atoms with Crippen molar-refractivity contribution >= 4 is 35.0 Å². The molecular formula is C13H20N2O3S2. The molecule has 0 aromatic carbocycles. The largest absolute Gasteiger partial charge is 0.480 e. The Morgan fingerprint density at radius 3 is 2.60 bits per heavy atom. The number of nitrogens with one attached hydrogen (secondary N) is 1. The van der Waals surface area contributed by atoms with Gasteiger partial charge in [-0.1, -0.05) is 20.8 Å². The predicted octanol–water partition coefficient (Wildman–Crippen LogP) is 2.26. The third kappa shape index (κ3) is 5.50. The highest BCUT2D eigenvalue weighted by molar-refractivity contribution is 7.98. The van der Waals surface area contributed by atoms with Crippen LogP contribution in [0.4, 0.5) is 0 Å². The highest BCUT2D eigenvalue weighted by Crippen LogP contribution is 2.27. The van der Waals surface area contributed by atoms with E-state index in [0.717, 1.165) is 10.7 Å². The normalized spacial score (nSPS) is 13.0. The van der Waals surface area contributed by atoms with Crippen LogP contribution in [-0.4, -0.2) is 33.8 Å². The second-order valence-electron chi connectivity index (χ2n) is 5.50. The van der Waals surface area contributed by atoms with Gasteiger partial charge < -0.3 is 10.4 Å². The zero-order valence-electron chi connectivity index (χ0n) is 12.1. The molecule has 1 atom stereocenters. The summed E-state index contributed by atoms with van der Waals surface area (Å²) in [4.78, 5) is 26.4. The Bertz CT molecular complexity index is 480. The van der Waals surface area contributed by atoms with Gasteiger partial charge in [0.2, 0.25) is 5.91 Å². The first-order valence-corrected chi connectivity index (χ1v) is 8.26. The Balaban J connectivity index is 2.49. The average molecular weight is 316 g/mol. The number of aliphatic carboxylic acids is 1. The van der Waals surface area contributed by atoms with Crippen molar-refractivity contribution in [2.75, 3.05) is 5.75 Å². The second-order valence-corrected chi connectivity index (χ2v) is 7.39. The van der Waals surface area contributed by atoms with Crippen molar-refractivity contribution in [1.82, 2.24) is 10.3 Å². The molecule has 0 bridgehead atoms. The predicted molar refractivity (Wildman–Crippen MR) is 82.2 cm³/mol. The van der Waals surface area contributed by atoms with E-state index >= 15 is 0 Å². The summed E-state index contributed by atoms with van der Waals surface area (Å²) >= 11 is 3.08. The summed E-state index contributed by atoms with van der Waals surface area (Å²) in [6.07, 6.45) is 0. The van der Waals surface area contributed by atoms with E-state index in [9.17, 15) is 9.59 Å². The molecule has 2 N–H and O–H groups in total. The maximum absolute atomic E-state index is 11.0. The molecular weight excluding hydrogens is 296 g/mol. The fourth-order valence-electron chi connectivity index (χ4n) is 1.42. The topological polar surface area (TPSA) is 79.3 Å². The van der Waals surface area contributed by atoms with Gasteiger partial charge in [-0.25, -0.2) is 9.78 Å². The molecule has 0 aliphatic rings. The molecule has 0 aliphatic carbocycles. The first kappa shape index (κ1) is 17.0. The van der Waals surface area contributed by atoms with Crippen LogP contribution in [0.5, 0.6) is 0 Å². The van der Waals surface area contributed by atoms with Crippen LogP contribution >= 0.6 is 23.1 Å². The Labute approximate surface area is 127 Å². The lowest BCUT2D eigenvalue weighted by Crippen LogP contribution is -2.41. The van der Waals surface area contributed by atoms with Gasteiger partial charge in [0.05, 0.1) is 10.7 Å². The van der Waals surface area contributed by atoms with Crippen molar-refractivity contribution in [2.24, 2.45) is 0 Å². The fourth-order valence-corrected chi connectivity index (χ4v) is 3.37. The number of amides is 1. The van der Waals surface area contributed by atoms with E-state index < -0.39 is 12.0 Å². The van der Waals surface area contributed by atoms with Gasteiger partial charge in [0.25, 0.3) is 0 Å². The number of hydrogen-bond donors (Lipinski definition) is 2. The smallest absolute Gasteiger partial charge is 0.327 e. The molecule has 0 saturated carbocycles. The molecule has 0 unspecified atom stereocenters. The molecule has 0 saturated heterocycles. The van der Waals surface area contributed by atoms with E-state index in [4.69, 9.17) is 5.11 Å². The SMILES string of the molecule is CC(=O)N[C@@H](CSCc1csc(C(C)(C)C)n1)C(=O)O. The number of carboxylic acids is 1. The fraction of sp³-hybridized carbons (Fsp3) is 0.615. The van der Waals surface area contributed by atoms with E-state index in [2.05, 4.69) is 31.1 Å². The molecule has 7 heteroatoms. The van der Waals surface area contributed by atoms with E-state index in [-0.39, 0.29) is 11.3 Å². The van der Waals surface area contributed by atoms with Gasteiger partial charge in [0, 0.05) is 29.2 Å². The van der Waals surface area contributed by atoms with Crippen molar-refractivity contribution in [3.63, 3.8) is 0 Å². The quantitative estimate of drug-likeness (QED) is 0.841. The van der Waals surface area contributed by atoms with Crippen LogP contribution in [0.15, 0.2) is 5.38 Å². The molecule has 0 radical (unpaired) electrons. The number of carboxylic acid groups (broad SMARTS) is 1. The van der Waals surface area contributed by atoms with E-state index in [1.54, 1.807) is 11.3 Å². The van der Waals surface area contributed by atoms with Gasteiger partial charge in [-0.3, -0.25) is 4.79 Å².